The molecule has 0 saturated heterocycles. The van der Waals surface area contributed by atoms with Crippen LogP contribution in [0.5, 0.6) is 0 Å². The fraction of sp³-hybridized carbons (Fsp3) is 0.714. The van der Waals surface area contributed by atoms with Crippen molar-refractivity contribution in [1.82, 2.24) is 0 Å². The molecule has 0 bridgehead atoms. The van der Waals surface area contributed by atoms with E-state index >= 15 is 0 Å². The van der Waals surface area contributed by atoms with E-state index in [1.165, 1.54) is 0 Å². The third-order valence-corrected chi connectivity index (χ3v) is 1.02. The highest BCUT2D eigenvalue weighted by Crippen LogP contribution is 1.97. The van der Waals surface area contributed by atoms with Gasteiger partial charge in [-0.2, -0.15) is 0 Å². The third-order valence-electron chi connectivity index (χ3n) is 1.02. The van der Waals surface area contributed by atoms with Crippen molar-refractivity contribution >= 4 is 0 Å². The van der Waals surface area contributed by atoms with Crippen LogP contribution in [0.4, 0.5) is 0 Å². The van der Waals surface area contributed by atoms with Gasteiger partial charge in [-0.15, -0.1) is 6.58 Å². The van der Waals surface area contributed by atoms with Crippen LogP contribution in [0.25, 0.3) is 0 Å². The monoisotopic (exact) mass is 146 g/mol. The van der Waals surface area contributed by atoms with E-state index in [1.54, 1.807) is 6.08 Å². The zero-order chi connectivity index (χ0) is 7.82. The minimum absolute atomic E-state index is 0.0918. The lowest BCUT2D eigenvalue weighted by Gasteiger charge is -2.08. The summed E-state index contributed by atoms with van der Waals surface area (Å²) in [7, 11) is 0. The Morgan fingerprint density at radius 2 is 2.30 bits per heavy atom. The predicted octanol–water partition coefficient (Wildman–Crippen LogP) is 0.280. The van der Waals surface area contributed by atoms with Crippen molar-refractivity contribution in [3.05, 3.63) is 12.7 Å². The Morgan fingerprint density at radius 1 is 1.60 bits per heavy atom. The number of hydrogen-bond acceptors (Lipinski definition) is 3. The summed E-state index contributed by atoms with van der Waals surface area (Å²) in [5, 5.41) is 17.3. The topological polar surface area (TPSA) is 49.7 Å². The van der Waals surface area contributed by atoms with E-state index in [0.29, 0.717) is 19.4 Å². The van der Waals surface area contributed by atoms with E-state index in [0.717, 1.165) is 0 Å². The SMILES string of the molecule is C=CCOC(O)CCCO. The Bertz CT molecular complexity index is 82.9. The molecule has 0 aromatic carbocycles. The first-order valence-corrected chi connectivity index (χ1v) is 3.32. The fourth-order valence-corrected chi connectivity index (χ4v) is 0.528. The average Bonchev–Trinajstić information content (AvgIpc) is 1.97. The van der Waals surface area contributed by atoms with Gasteiger partial charge < -0.3 is 14.9 Å². The van der Waals surface area contributed by atoms with Crippen molar-refractivity contribution in [2.75, 3.05) is 13.2 Å². The number of ether oxygens (including phenoxy) is 1. The number of aliphatic hydroxyl groups is 2. The van der Waals surface area contributed by atoms with Gasteiger partial charge in [-0.3, -0.25) is 0 Å². The normalized spacial score (nSPS) is 13.0. The van der Waals surface area contributed by atoms with Gasteiger partial charge in [-0.1, -0.05) is 6.08 Å². The summed E-state index contributed by atoms with van der Waals surface area (Å²) in [4.78, 5) is 0. The van der Waals surface area contributed by atoms with Crippen molar-refractivity contribution in [2.45, 2.75) is 19.1 Å². The van der Waals surface area contributed by atoms with E-state index in [4.69, 9.17) is 14.9 Å². The van der Waals surface area contributed by atoms with Gasteiger partial charge in [0, 0.05) is 13.0 Å². The van der Waals surface area contributed by atoms with E-state index in [1.807, 2.05) is 0 Å². The Balaban J connectivity index is 3.07. The van der Waals surface area contributed by atoms with Crippen LogP contribution in [0, 0.1) is 0 Å². The summed E-state index contributed by atoms with van der Waals surface area (Å²) in [6, 6.07) is 0. The average molecular weight is 146 g/mol. The van der Waals surface area contributed by atoms with E-state index in [9.17, 15) is 0 Å². The van der Waals surface area contributed by atoms with Crippen molar-refractivity contribution in [2.24, 2.45) is 0 Å². The van der Waals surface area contributed by atoms with Gasteiger partial charge in [0.15, 0.2) is 6.29 Å². The summed E-state index contributed by atoms with van der Waals surface area (Å²) in [5.41, 5.74) is 0. The first kappa shape index (κ1) is 9.62. The van der Waals surface area contributed by atoms with Crippen LogP contribution in [-0.2, 0) is 4.74 Å². The minimum Gasteiger partial charge on any atom is -0.396 e. The first-order valence-electron chi connectivity index (χ1n) is 3.32. The maximum atomic E-state index is 8.93. The molecule has 0 aromatic heterocycles. The van der Waals surface area contributed by atoms with E-state index in [2.05, 4.69) is 6.58 Å². The molecule has 0 aromatic rings. The zero-order valence-corrected chi connectivity index (χ0v) is 5.99. The molecular formula is C7H14O3. The van der Waals surface area contributed by atoms with Crippen LogP contribution in [0.15, 0.2) is 12.7 Å². The molecule has 0 radical (unpaired) electrons. The van der Waals surface area contributed by atoms with E-state index < -0.39 is 6.29 Å². The second kappa shape index (κ2) is 6.74. The van der Waals surface area contributed by atoms with Gasteiger partial charge in [0.05, 0.1) is 6.61 Å². The molecule has 3 nitrogen and oxygen atoms in total. The maximum Gasteiger partial charge on any atom is 0.155 e. The summed E-state index contributed by atoms with van der Waals surface area (Å²) < 4.78 is 4.82. The summed E-state index contributed by atoms with van der Waals surface area (Å²) in [5.74, 6) is 0. The Kier molecular flexibility index (Phi) is 6.48. The Morgan fingerprint density at radius 3 is 2.80 bits per heavy atom. The van der Waals surface area contributed by atoms with Gasteiger partial charge in [-0.25, -0.2) is 0 Å². The van der Waals surface area contributed by atoms with Gasteiger partial charge in [-0.05, 0) is 6.42 Å². The van der Waals surface area contributed by atoms with E-state index in [-0.39, 0.29) is 6.61 Å². The molecule has 0 aliphatic carbocycles. The van der Waals surface area contributed by atoms with Crippen LogP contribution >= 0.6 is 0 Å². The molecule has 0 amide bonds. The largest absolute Gasteiger partial charge is 0.396 e. The van der Waals surface area contributed by atoms with Crippen LogP contribution < -0.4 is 0 Å². The van der Waals surface area contributed by atoms with Crippen LogP contribution in [-0.4, -0.2) is 29.7 Å². The van der Waals surface area contributed by atoms with Gasteiger partial charge >= 0.3 is 0 Å². The number of rotatable bonds is 6. The third kappa shape index (κ3) is 5.75. The zero-order valence-electron chi connectivity index (χ0n) is 5.99. The van der Waals surface area contributed by atoms with Gasteiger partial charge in [0.25, 0.3) is 0 Å². The quantitative estimate of drug-likeness (QED) is 0.418. The molecule has 3 heteroatoms. The molecule has 0 aliphatic heterocycles. The Labute approximate surface area is 60.9 Å². The van der Waals surface area contributed by atoms with Crippen LogP contribution in [0.3, 0.4) is 0 Å². The smallest absolute Gasteiger partial charge is 0.155 e. The molecule has 0 fully saturated rings. The standard InChI is InChI=1S/C7H14O3/c1-2-6-10-7(9)4-3-5-8/h2,7-9H,1,3-6H2. The number of aliphatic hydroxyl groups excluding tert-OH is 2. The van der Waals surface area contributed by atoms with Gasteiger partial charge in [0.2, 0.25) is 0 Å². The summed E-state index contributed by atoms with van der Waals surface area (Å²) in [6.45, 7) is 3.87. The second-order valence-electron chi connectivity index (χ2n) is 1.94. The molecule has 0 aliphatic rings. The molecule has 0 saturated carbocycles. The minimum atomic E-state index is -0.759. The summed E-state index contributed by atoms with van der Waals surface area (Å²) in [6.07, 6.45) is 1.86. The highest BCUT2D eigenvalue weighted by molar-refractivity contribution is 4.64. The Hall–Kier alpha value is -0.380. The van der Waals surface area contributed by atoms with Crippen molar-refractivity contribution in [3.8, 4) is 0 Å². The van der Waals surface area contributed by atoms with Crippen LogP contribution in [0.2, 0.25) is 0 Å². The first-order chi connectivity index (χ1) is 4.81. The molecule has 1 atom stereocenters. The fourth-order valence-electron chi connectivity index (χ4n) is 0.528. The van der Waals surface area contributed by atoms with Gasteiger partial charge in [0.1, 0.15) is 0 Å². The molecule has 10 heavy (non-hydrogen) atoms. The lowest BCUT2D eigenvalue weighted by atomic mass is 10.3. The predicted molar refractivity (Wildman–Crippen MR) is 38.5 cm³/mol. The highest BCUT2D eigenvalue weighted by Gasteiger charge is 2.00. The molecule has 1 unspecified atom stereocenters. The van der Waals surface area contributed by atoms with Crippen LogP contribution in [0.1, 0.15) is 12.8 Å². The lowest BCUT2D eigenvalue weighted by Crippen LogP contribution is -2.12. The number of hydrogen-bond donors (Lipinski definition) is 2. The maximum absolute atomic E-state index is 8.93. The molecule has 0 rings (SSSR count). The second-order valence-corrected chi connectivity index (χ2v) is 1.94. The van der Waals surface area contributed by atoms with Crippen molar-refractivity contribution < 1.29 is 14.9 Å². The molecule has 0 spiro atoms. The molecule has 60 valence electrons. The van der Waals surface area contributed by atoms with Crippen molar-refractivity contribution in [1.29, 1.82) is 0 Å². The lowest BCUT2D eigenvalue weighted by molar-refractivity contribution is -0.0950. The molecule has 2 N–H and O–H groups in total. The molecule has 0 heterocycles. The summed E-state index contributed by atoms with van der Waals surface area (Å²) >= 11 is 0. The molecular weight excluding hydrogens is 132 g/mol. The van der Waals surface area contributed by atoms with Crippen molar-refractivity contribution in [3.63, 3.8) is 0 Å². The highest BCUT2D eigenvalue weighted by atomic mass is 16.6.